The van der Waals surface area contributed by atoms with Gasteiger partial charge in [0.05, 0.1) is 5.52 Å². The smallest absolute Gasteiger partial charge is 0.178 e. The van der Waals surface area contributed by atoms with E-state index in [0.717, 1.165) is 41.1 Å². The number of hydrogen-bond acceptors (Lipinski definition) is 3. The van der Waals surface area contributed by atoms with Gasteiger partial charge in [-0.25, -0.2) is 9.97 Å². The Kier molecular flexibility index (Phi) is 2.12. The van der Waals surface area contributed by atoms with Crippen LogP contribution in [0.25, 0.3) is 22.6 Å². The van der Waals surface area contributed by atoms with E-state index in [9.17, 15) is 0 Å². The van der Waals surface area contributed by atoms with Crippen LogP contribution in [0.5, 0.6) is 0 Å². The fourth-order valence-corrected chi connectivity index (χ4v) is 2.58. The molecule has 4 nitrogen and oxygen atoms in total. The standard InChI is InChI=1S/C15H14N4/c1-9-6-13-15(17-8-9)19-14(18-13)11-3-2-10-4-5-16-12(10)7-11/h2-3,6-8,16H,4-5H2,1H3,(H,17,18,19). The van der Waals surface area contributed by atoms with Crippen molar-refractivity contribution < 1.29 is 0 Å². The highest BCUT2D eigenvalue weighted by Gasteiger charge is 2.12. The number of rotatable bonds is 1. The van der Waals surface area contributed by atoms with Crippen molar-refractivity contribution in [2.75, 3.05) is 11.9 Å². The largest absolute Gasteiger partial charge is 0.384 e. The molecule has 0 fully saturated rings. The molecule has 2 aromatic heterocycles. The first-order valence-electron chi connectivity index (χ1n) is 6.49. The zero-order chi connectivity index (χ0) is 12.8. The number of fused-ring (bicyclic) bond motifs is 2. The lowest BCUT2D eigenvalue weighted by Crippen LogP contribution is -1.91. The van der Waals surface area contributed by atoms with E-state index in [1.807, 2.05) is 13.1 Å². The van der Waals surface area contributed by atoms with Crippen molar-refractivity contribution in [3.05, 3.63) is 41.6 Å². The Labute approximate surface area is 110 Å². The molecule has 4 heteroatoms. The van der Waals surface area contributed by atoms with Gasteiger partial charge in [-0.3, -0.25) is 0 Å². The molecule has 0 unspecified atom stereocenters. The van der Waals surface area contributed by atoms with Gasteiger partial charge in [-0.15, -0.1) is 0 Å². The highest BCUT2D eigenvalue weighted by atomic mass is 15.0. The number of benzene rings is 1. The van der Waals surface area contributed by atoms with E-state index in [4.69, 9.17) is 0 Å². The fraction of sp³-hybridized carbons (Fsp3) is 0.200. The number of aryl methyl sites for hydroxylation is 1. The molecule has 4 rings (SSSR count). The van der Waals surface area contributed by atoms with Crippen LogP contribution in [0.3, 0.4) is 0 Å². The predicted octanol–water partition coefficient (Wildman–Crippen LogP) is 2.90. The van der Waals surface area contributed by atoms with Crippen molar-refractivity contribution in [1.29, 1.82) is 0 Å². The minimum absolute atomic E-state index is 0.772. The predicted molar refractivity (Wildman–Crippen MR) is 76.3 cm³/mol. The second-order valence-electron chi connectivity index (χ2n) is 5.02. The maximum Gasteiger partial charge on any atom is 0.178 e. The molecule has 0 amide bonds. The summed E-state index contributed by atoms with van der Waals surface area (Å²) in [6.07, 6.45) is 2.95. The highest BCUT2D eigenvalue weighted by Crippen LogP contribution is 2.28. The summed E-state index contributed by atoms with van der Waals surface area (Å²) in [4.78, 5) is 12.2. The van der Waals surface area contributed by atoms with Crippen molar-refractivity contribution in [2.24, 2.45) is 0 Å². The van der Waals surface area contributed by atoms with Crippen LogP contribution in [0.2, 0.25) is 0 Å². The van der Waals surface area contributed by atoms with Crippen molar-refractivity contribution >= 4 is 16.9 Å². The number of aromatic amines is 1. The van der Waals surface area contributed by atoms with Gasteiger partial charge < -0.3 is 10.3 Å². The van der Waals surface area contributed by atoms with Crippen LogP contribution in [-0.4, -0.2) is 21.5 Å². The number of imidazole rings is 1. The lowest BCUT2D eigenvalue weighted by molar-refractivity contribution is 1.11. The maximum atomic E-state index is 4.56. The van der Waals surface area contributed by atoms with Gasteiger partial charge in [0.1, 0.15) is 5.82 Å². The summed E-state index contributed by atoms with van der Waals surface area (Å²) in [5.74, 6) is 0.879. The normalized spacial score (nSPS) is 13.5. The molecule has 0 bridgehead atoms. The molecule has 0 atom stereocenters. The summed E-state index contributed by atoms with van der Waals surface area (Å²) in [6, 6.07) is 8.53. The van der Waals surface area contributed by atoms with Crippen molar-refractivity contribution in [3.63, 3.8) is 0 Å². The minimum Gasteiger partial charge on any atom is -0.384 e. The van der Waals surface area contributed by atoms with Gasteiger partial charge in [0.15, 0.2) is 5.65 Å². The monoisotopic (exact) mass is 250 g/mol. The summed E-state index contributed by atoms with van der Waals surface area (Å²) >= 11 is 0. The van der Waals surface area contributed by atoms with Gasteiger partial charge >= 0.3 is 0 Å². The van der Waals surface area contributed by atoms with Gasteiger partial charge in [0.2, 0.25) is 0 Å². The Balaban J connectivity index is 1.85. The maximum absolute atomic E-state index is 4.56. The molecule has 3 aromatic rings. The molecular weight excluding hydrogens is 236 g/mol. The molecule has 1 aliphatic heterocycles. The van der Waals surface area contributed by atoms with Gasteiger partial charge in [0.25, 0.3) is 0 Å². The van der Waals surface area contributed by atoms with Gasteiger partial charge in [0, 0.05) is 24.0 Å². The molecule has 1 aromatic carbocycles. The molecule has 0 saturated carbocycles. The van der Waals surface area contributed by atoms with Crippen molar-refractivity contribution in [3.8, 4) is 11.4 Å². The lowest BCUT2D eigenvalue weighted by Gasteiger charge is -2.02. The molecule has 94 valence electrons. The number of aromatic nitrogens is 3. The van der Waals surface area contributed by atoms with Crippen LogP contribution in [0, 0.1) is 6.92 Å². The third-order valence-corrected chi connectivity index (χ3v) is 3.57. The summed E-state index contributed by atoms with van der Waals surface area (Å²) in [7, 11) is 0. The minimum atomic E-state index is 0.772. The third-order valence-electron chi connectivity index (χ3n) is 3.57. The zero-order valence-electron chi connectivity index (χ0n) is 10.7. The average Bonchev–Trinajstić information content (AvgIpc) is 3.02. The SMILES string of the molecule is Cc1cnc2nc(-c3ccc4c(c3)NCC4)[nH]c2c1. The van der Waals surface area contributed by atoms with Crippen molar-refractivity contribution in [1.82, 2.24) is 15.0 Å². The molecular formula is C15H14N4. The van der Waals surface area contributed by atoms with E-state index in [-0.39, 0.29) is 0 Å². The van der Waals surface area contributed by atoms with Crippen LogP contribution >= 0.6 is 0 Å². The molecule has 3 heterocycles. The van der Waals surface area contributed by atoms with E-state index in [0.29, 0.717) is 0 Å². The van der Waals surface area contributed by atoms with Gasteiger partial charge in [-0.1, -0.05) is 12.1 Å². The van der Waals surface area contributed by atoms with Gasteiger partial charge in [-0.2, -0.15) is 0 Å². The second kappa shape index (κ2) is 3.82. The van der Waals surface area contributed by atoms with Crippen LogP contribution in [0.4, 0.5) is 5.69 Å². The van der Waals surface area contributed by atoms with Crippen LogP contribution < -0.4 is 5.32 Å². The molecule has 0 spiro atoms. The Morgan fingerprint density at radius 2 is 2.16 bits per heavy atom. The quantitative estimate of drug-likeness (QED) is 0.698. The van der Waals surface area contributed by atoms with E-state index in [2.05, 4.69) is 44.5 Å². The topological polar surface area (TPSA) is 53.6 Å². The highest BCUT2D eigenvalue weighted by molar-refractivity contribution is 5.77. The molecule has 2 N–H and O–H groups in total. The molecule has 0 aliphatic carbocycles. The van der Waals surface area contributed by atoms with Gasteiger partial charge in [-0.05, 0) is 36.6 Å². The van der Waals surface area contributed by atoms with Crippen LogP contribution in [0.1, 0.15) is 11.1 Å². The molecule has 0 radical (unpaired) electrons. The summed E-state index contributed by atoms with van der Waals surface area (Å²) < 4.78 is 0. The third kappa shape index (κ3) is 1.68. The summed E-state index contributed by atoms with van der Waals surface area (Å²) in [5.41, 5.74) is 6.61. The first-order valence-corrected chi connectivity index (χ1v) is 6.49. The van der Waals surface area contributed by atoms with E-state index in [1.165, 1.54) is 11.3 Å². The Bertz CT molecular complexity index is 773. The summed E-state index contributed by atoms with van der Waals surface area (Å²) in [5, 5.41) is 3.40. The van der Waals surface area contributed by atoms with Crippen molar-refractivity contribution in [2.45, 2.75) is 13.3 Å². The second-order valence-corrected chi connectivity index (χ2v) is 5.02. The first-order chi connectivity index (χ1) is 9.29. The first kappa shape index (κ1) is 10.6. The number of nitrogens with zero attached hydrogens (tertiary/aromatic N) is 2. The Morgan fingerprint density at radius 1 is 1.21 bits per heavy atom. The molecule has 1 aliphatic rings. The Morgan fingerprint density at radius 3 is 3.11 bits per heavy atom. The number of pyridine rings is 1. The fourth-order valence-electron chi connectivity index (χ4n) is 2.58. The Hall–Kier alpha value is -2.36. The molecule has 19 heavy (non-hydrogen) atoms. The number of anilines is 1. The average molecular weight is 250 g/mol. The van der Waals surface area contributed by atoms with E-state index in [1.54, 1.807) is 0 Å². The number of nitrogens with one attached hydrogen (secondary N) is 2. The summed E-state index contributed by atoms with van der Waals surface area (Å²) in [6.45, 7) is 3.06. The van der Waals surface area contributed by atoms with Crippen LogP contribution in [-0.2, 0) is 6.42 Å². The number of H-pyrrole nitrogens is 1. The van der Waals surface area contributed by atoms with Crippen LogP contribution in [0.15, 0.2) is 30.5 Å². The van der Waals surface area contributed by atoms with E-state index >= 15 is 0 Å². The van der Waals surface area contributed by atoms with E-state index < -0.39 is 0 Å². The molecule has 0 saturated heterocycles. The lowest BCUT2D eigenvalue weighted by atomic mass is 10.1. The zero-order valence-corrected chi connectivity index (χ0v) is 10.7. The number of hydrogen-bond donors (Lipinski definition) is 2.